The molecule has 15 heteroatoms. The second-order valence-corrected chi connectivity index (χ2v) is 13.7. The Hall–Kier alpha value is -6.22. The fraction of sp³-hybridized carbons (Fsp3) is 0.289. The van der Waals surface area contributed by atoms with Gasteiger partial charge in [0.1, 0.15) is 11.5 Å². The van der Waals surface area contributed by atoms with Crippen LogP contribution < -0.4 is 36.1 Å². The lowest BCUT2D eigenvalue weighted by Gasteiger charge is -2.16. The number of likely N-dealkylation sites (N-methyl/N-ethyl adjacent to an activating group) is 1. The molecule has 0 spiro atoms. The maximum atomic E-state index is 13.2. The lowest BCUT2D eigenvalue weighted by atomic mass is 9.99. The zero-order valence-corrected chi connectivity index (χ0v) is 33.9. The van der Waals surface area contributed by atoms with Crippen LogP contribution in [-0.4, -0.2) is 45.7 Å². The van der Waals surface area contributed by atoms with Gasteiger partial charge in [0.2, 0.25) is 11.8 Å². The minimum atomic E-state index is -4.49. The van der Waals surface area contributed by atoms with Crippen LogP contribution in [0.25, 0.3) is 0 Å². The third kappa shape index (κ3) is 14.3. The van der Waals surface area contributed by atoms with Crippen molar-refractivity contribution in [1.82, 2.24) is 16.0 Å². The molecule has 5 aromatic carbocycles. The summed E-state index contributed by atoms with van der Waals surface area (Å²) < 4.78 is 88.6. The van der Waals surface area contributed by atoms with Crippen LogP contribution in [0.3, 0.4) is 0 Å². The van der Waals surface area contributed by atoms with E-state index in [1.165, 1.54) is 31.9 Å². The lowest BCUT2D eigenvalue weighted by molar-refractivity contribution is -0.138. The Morgan fingerprint density at radius 3 is 1.47 bits per heavy atom. The number of alkyl halides is 6. The van der Waals surface area contributed by atoms with E-state index in [4.69, 9.17) is 9.47 Å². The van der Waals surface area contributed by atoms with Crippen LogP contribution in [0.15, 0.2) is 115 Å². The molecule has 5 rings (SSSR count). The number of carbonyl (C=O) groups excluding carboxylic acids is 2. The first-order valence-corrected chi connectivity index (χ1v) is 19.1. The third-order valence-corrected chi connectivity index (χ3v) is 9.20. The van der Waals surface area contributed by atoms with Gasteiger partial charge in [0.15, 0.2) is 0 Å². The molecule has 2 atom stereocenters. The average molecular weight is 838 g/mol. The highest BCUT2D eigenvalue weighted by Crippen LogP contribution is 2.36. The molecule has 0 heterocycles. The Balaban J connectivity index is 0.000000275. The quantitative estimate of drug-likeness (QED) is 0.0497. The van der Waals surface area contributed by atoms with Crippen LogP contribution in [0.1, 0.15) is 60.4 Å². The van der Waals surface area contributed by atoms with Gasteiger partial charge in [-0.2, -0.15) is 26.3 Å². The van der Waals surface area contributed by atoms with E-state index in [1.807, 2.05) is 43.3 Å². The number of carbonyl (C=O) groups is 2. The van der Waals surface area contributed by atoms with Gasteiger partial charge in [-0.25, -0.2) is 0 Å². The second-order valence-electron chi connectivity index (χ2n) is 13.7. The Kier molecular flexibility index (Phi) is 16.8. The molecule has 0 aliphatic carbocycles. The molecule has 0 aliphatic heterocycles. The number of ether oxygens (including phenoxy) is 2. The van der Waals surface area contributed by atoms with E-state index >= 15 is 0 Å². The summed E-state index contributed by atoms with van der Waals surface area (Å²) in [5.41, 5.74) is 2.72. The van der Waals surface area contributed by atoms with Crippen molar-refractivity contribution in [2.75, 3.05) is 44.5 Å². The number of nitrogens with one attached hydrogen (secondary N) is 5. The number of hydrogen-bond donors (Lipinski definition) is 5. The molecule has 2 amide bonds. The molecule has 0 aromatic heterocycles. The van der Waals surface area contributed by atoms with Crippen molar-refractivity contribution in [1.29, 1.82) is 0 Å². The van der Waals surface area contributed by atoms with Crippen LogP contribution in [0.5, 0.6) is 11.5 Å². The minimum absolute atomic E-state index is 0.0992. The van der Waals surface area contributed by atoms with Gasteiger partial charge >= 0.3 is 12.4 Å². The fourth-order valence-corrected chi connectivity index (χ4v) is 5.90. The van der Waals surface area contributed by atoms with Crippen LogP contribution in [0.4, 0.5) is 49.1 Å². The molecule has 2 unspecified atom stereocenters. The zero-order chi connectivity index (χ0) is 43.9. The van der Waals surface area contributed by atoms with Gasteiger partial charge < -0.3 is 36.1 Å². The molecule has 0 aliphatic rings. The third-order valence-electron chi connectivity index (χ3n) is 9.20. The second kappa shape index (κ2) is 21.7. The predicted molar refractivity (Wildman–Crippen MR) is 222 cm³/mol. The van der Waals surface area contributed by atoms with Gasteiger partial charge in [0, 0.05) is 61.1 Å². The van der Waals surface area contributed by atoms with Crippen LogP contribution in [-0.2, 0) is 28.5 Å². The molecule has 0 saturated carbocycles. The Morgan fingerprint density at radius 1 is 0.567 bits per heavy atom. The van der Waals surface area contributed by atoms with Gasteiger partial charge in [-0.1, -0.05) is 54.6 Å². The van der Waals surface area contributed by atoms with Crippen LogP contribution >= 0.6 is 0 Å². The van der Waals surface area contributed by atoms with Crippen molar-refractivity contribution in [3.63, 3.8) is 0 Å². The number of halogens is 6. The van der Waals surface area contributed by atoms with Gasteiger partial charge in [0.25, 0.3) is 0 Å². The van der Waals surface area contributed by atoms with Crippen molar-refractivity contribution in [3.05, 3.63) is 143 Å². The molecule has 0 saturated heterocycles. The van der Waals surface area contributed by atoms with Crippen molar-refractivity contribution >= 4 is 34.6 Å². The van der Waals surface area contributed by atoms with E-state index in [0.29, 0.717) is 31.0 Å². The molecule has 0 bridgehead atoms. The summed E-state index contributed by atoms with van der Waals surface area (Å²) in [6.07, 6.45) is -8.96. The van der Waals surface area contributed by atoms with E-state index in [-0.39, 0.29) is 40.6 Å². The first-order valence-electron chi connectivity index (χ1n) is 19.1. The van der Waals surface area contributed by atoms with Gasteiger partial charge in [-0.15, -0.1) is 0 Å². The smallest absolute Gasteiger partial charge is 0.416 e. The number of hydrogen-bond acceptors (Lipinski definition) is 7. The summed E-state index contributed by atoms with van der Waals surface area (Å²) in [7, 11) is 2.63. The zero-order valence-electron chi connectivity index (χ0n) is 33.9. The number of amides is 2. The van der Waals surface area contributed by atoms with Crippen molar-refractivity contribution in [2.24, 2.45) is 0 Å². The molecular weight excluding hydrogens is 789 g/mol. The number of rotatable bonds is 16. The molecule has 60 heavy (non-hydrogen) atoms. The van der Waals surface area contributed by atoms with E-state index < -0.39 is 29.4 Å². The first-order chi connectivity index (χ1) is 28.5. The van der Waals surface area contributed by atoms with E-state index in [9.17, 15) is 35.9 Å². The largest absolute Gasteiger partial charge is 0.497 e. The van der Waals surface area contributed by atoms with E-state index in [1.54, 1.807) is 56.3 Å². The fourth-order valence-electron chi connectivity index (χ4n) is 5.90. The molecule has 9 nitrogen and oxygen atoms in total. The van der Waals surface area contributed by atoms with Gasteiger partial charge in [-0.3, -0.25) is 9.59 Å². The summed E-state index contributed by atoms with van der Waals surface area (Å²) >= 11 is 0. The average Bonchev–Trinajstić information content (AvgIpc) is 3.23. The molecule has 0 fully saturated rings. The molecule has 5 N–H and O–H groups in total. The molecule has 0 radical (unpaired) electrons. The lowest BCUT2D eigenvalue weighted by Crippen LogP contribution is -2.34. The Morgan fingerprint density at radius 2 is 1.03 bits per heavy atom. The van der Waals surface area contributed by atoms with E-state index in [0.717, 1.165) is 41.9 Å². The Labute approximate surface area is 345 Å². The van der Waals surface area contributed by atoms with Gasteiger partial charge in [0.05, 0.1) is 37.2 Å². The standard InChI is InChI=1S/C26H28F3N3O2.C19H21F3N2O2/c1-18(25(33)31-12-11-30-17-19-7-4-3-5-8-19)20-9-6-10-22(13-20)32-23-14-21(26(27,28)29)15-24(16-23)34-2;1-4-23-18(25)12(2)13-6-5-7-15(8-13)24-16-9-14(19(20,21)22)10-17(11-16)26-3/h3-10,13-16,18,30,32H,11-12,17H2,1-2H3,(H,31,33);5-12,24H,4H2,1-3H3,(H,23,25). The highest BCUT2D eigenvalue weighted by Gasteiger charge is 2.32. The number of benzene rings is 5. The SMILES string of the molecule is CCNC(=O)C(C)c1cccc(Nc2cc(OC)cc(C(F)(F)F)c2)c1.COc1cc(Nc2cccc(C(C)C(=O)NCCNCc3ccccc3)c2)cc(C(F)(F)F)c1. The van der Waals surface area contributed by atoms with Crippen molar-refractivity contribution < 1.29 is 45.4 Å². The summed E-state index contributed by atoms with van der Waals surface area (Å²) in [5, 5.41) is 14.9. The van der Waals surface area contributed by atoms with Crippen LogP contribution in [0.2, 0.25) is 0 Å². The normalized spacial score (nSPS) is 12.2. The summed E-state index contributed by atoms with van der Waals surface area (Å²) in [5.74, 6) is -0.819. The van der Waals surface area contributed by atoms with Crippen molar-refractivity contribution in [3.8, 4) is 11.5 Å². The summed E-state index contributed by atoms with van der Waals surface area (Å²) in [4.78, 5) is 24.6. The van der Waals surface area contributed by atoms with Gasteiger partial charge in [-0.05, 0) is 86.0 Å². The monoisotopic (exact) mass is 837 g/mol. The topological polar surface area (TPSA) is 113 Å². The minimum Gasteiger partial charge on any atom is -0.497 e. The first kappa shape index (κ1) is 46.5. The highest BCUT2D eigenvalue weighted by atomic mass is 19.4. The highest BCUT2D eigenvalue weighted by molar-refractivity contribution is 5.84. The number of anilines is 4. The predicted octanol–water partition coefficient (Wildman–Crippen LogP) is 10.2. The maximum Gasteiger partial charge on any atom is 0.416 e. The van der Waals surface area contributed by atoms with Crippen LogP contribution in [0, 0.1) is 0 Å². The number of methoxy groups -OCH3 is 2. The van der Waals surface area contributed by atoms with Crippen molar-refractivity contribution in [2.45, 2.75) is 51.5 Å². The molecule has 5 aromatic rings. The molecular formula is C45H49F6N5O4. The maximum absolute atomic E-state index is 13.2. The Bertz CT molecular complexity index is 2160. The molecule has 320 valence electrons. The van der Waals surface area contributed by atoms with E-state index in [2.05, 4.69) is 26.6 Å². The summed E-state index contributed by atoms with van der Waals surface area (Å²) in [6, 6.07) is 31.0. The summed E-state index contributed by atoms with van der Waals surface area (Å²) in [6.45, 7) is 7.77.